The summed E-state index contributed by atoms with van der Waals surface area (Å²) in [5, 5.41) is 16.9. The summed E-state index contributed by atoms with van der Waals surface area (Å²) >= 11 is 0. The second-order valence-electron chi connectivity index (χ2n) is 2.79. The fourth-order valence-corrected chi connectivity index (χ4v) is 1.03. The Bertz CT molecular complexity index is 264. The van der Waals surface area contributed by atoms with Crippen molar-refractivity contribution in [1.82, 2.24) is 4.90 Å². The zero-order valence-electron chi connectivity index (χ0n) is 7.83. The highest BCUT2D eigenvalue weighted by molar-refractivity contribution is 5.75. The minimum atomic E-state index is -1.23. The average Bonchev–Trinajstić information content (AvgIpc) is 2.12. The summed E-state index contributed by atoms with van der Waals surface area (Å²) in [4.78, 5) is 42.4. The minimum Gasteiger partial charge on any atom is -0.481 e. The summed E-state index contributed by atoms with van der Waals surface area (Å²) in [5.41, 5.74) is 0. The van der Waals surface area contributed by atoms with Crippen molar-refractivity contribution >= 4 is 24.5 Å². The third kappa shape index (κ3) is 5.53. The van der Waals surface area contributed by atoms with E-state index in [1.807, 2.05) is 0 Å². The first-order chi connectivity index (χ1) is 7.01. The first-order valence-electron chi connectivity index (χ1n) is 4.07. The van der Waals surface area contributed by atoms with Gasteiger partial charge in [0, 0.05) is 0 Å². The maximum Gasteiger partial charge on any atom is 0.317 e. The maximum absolute atomic E-state index is 10.5. The second kappa shape index (κ2) is 6.66. The van der Waals surface area contributed by atoms with Crippen molar-refractivity contribution in [3.63, 3.8) is 0 Å². The van der Waals surface area contributed by atoms with Crippen molar-refractivity contribution in [3.8, 4) is 0 Å². The molecule has 0 bridgehead atoms. The standard InChI is InChI=1S/C8H11NO6/c10-2-1-9(4-8(14)15)6(5-11)3-7(12)13/h2,5-6H,1,3-4H2,(H,12,13)(H,14,15). The molecule has 0 aromatic heterocycles. The van der Waals surface area contributed by atoms with Gasteiger partial charge in [-0.25, -0.2) is 0 Å². The number of rotatable bonds is 8. The quantitative estimate of drug-likeness (QED) is 0.481. The number of aldehydes is 2. The van der Waals surface area contributed by atoms with Crippen LogP contribution in [-0.2, 0) is 19.2 Å². The van der Waals surface area contributed by atoms with Crippen molar-refractivity contribution in [3.05, 3.63) is 0 Å². The SMILES string of the molecule is O=CCN(CC(=O)O)C(C=O)CC(=O)O. The Morgan fingerprint density at radius 3 is 2.13 bits per heavy atom. The Morgan fingerprint density at radius 1 is 1.20 bits per heavy atom. The predicted octanol–water partition coefficient (Wildman–Crippen LogP) is -1.39. The lowest BCUT2D eigenvalue weighted by atomic mass is 10.2. The lowest BCUT2D eigenvalue weighted by molar-refractivity contribution is -0.143. The molecule has 0 aromatic rings. The normalized spacial score (nSPS) is 12.1. The molecule has 1 atom stereocenters. The first kappa shape index (κ1) is 13.2. The van der Waals surface area contributed by atoms with Gasteiger partial charge in [-0.3, -0.25) is 14.5 Å². The van der Waals surface area contributed by atoms with E-state index in [1.165, 1.54) is 0 Å². The Morgan fingerprint density at radius 2 is 1.80 bits per heavy atom. The largest absolute Gasteiger partial charge is 0.481 e. The van der Waals surface area contributed by atoms with Gasteiger partial charge in [0.25, 0.3) is 0 Å². The first-order valence-corrected chi connectivity index (χ1v) is 4.07. The number of hydrogen-bond donors (Lipinski definition) is 2. The van der Waals surface area contributed by atoms with E-state index < -0.39 is 30.9 Å². The molecule has 0 aliphatic rings. The molecule has 0 rings (SSSR count). The molecule has 0 amide bonds. The molecular weight excluding hydrogens is 206 g/mol. The topological polar surface area (TPSA) is 112 Å². The van der Waals surface area contributed by atoms with Gasteiger partial charge in [-0.15, -0.1) is 0 Å². The van der Waals surface area contributed by atoms with Crippen LogP contribution in [0.25, 0.3) is 0 Å². The van der Waals surface area contributed by atoms with E-state index in [9.17, 15) is 19.2 Å². The maximum atomic E-state index is 10.5. The van der Waals surface area contributed by atoms with Crippen LogP contribution in [0.2, 0.25) is 0 Å². The van der Waals surface area contributed by atoms with Gasteiger partial charge < -0.3 is 19.8 Å². The zero-order chi connectivity index (χ0) is 11.8. The zero-order valence-corrected chi connectivity index (χ0v) is 7.83. The number of aliphatic carboxylic acids is 2. The molecule has 0 saturated heterocycles. The van der Waals surface area contributed by atoms with Gasteiger partial charge in [-0.05, 0) is 0 Å². The smallest absolute Gasteiger partial charge is 0.317 e. The Kier molecular flexibility index (Phi) is 5.88. The van der Waals surface area contributed by atoms with Gasteiger partial charge in [0.15, 0.2) is 0 Å². The van der Waals surface area contributed by atoms with Gasteiger partial charge in [-0.1, -0.05) is 0 Å². The van der Waals surface area contributed by atoms with Crippen LogP contribution >= 0.6 is 0 Å². The minimum absolute atomic E-state index is 0.289. The van der Waals surface area contributed by atoms with E-state index in [4.69, 9.17) is 10.2 Å². The van der Waals surface area contributed by atoms with E-state index >= 15 is 0 Å². The van der Waals surface area contributed by atoms with E-state index in [0.717, 1.165) is 4.90 Å². The molecule has 0 radical (unpaired) electrons. The van der Waals surface area contributed by atoms with Crippen LogP contribution in [0.1, 0.15) is 6.42 Å². The molecule has 0 saturated carbocycles. The molecule has 7 nitrogen and oxygen atoms in total. The average molecular weight is 217 g/mol. The van der Waals surface area contributed by atoms with Gasteiger partial charge in [0.1, 0.15) is 12.6 Å². The lowest BCUT2D eigenvalue weighted by Gasteiger charge is -2.22. The number of carboxylic acids is 2. The fourth-order valence-electron chi connectivity index (χ4n) is 1.03. The number of carbonyl (C=O) groups excluding carboxylic acids is 2. The molecule has 0 spiro atoms. The summed E-state index contributed by atoms with van der Waals surface area (Å²) in [6, 6.07) is -1.09. The van der Waals surface area contributed by atoms with E-state index in [0.29, 0.717) is 12.6 Å². The third-order valence-corrected chi connectivity index (χ3v) is 1.66. The molecular formula is C8H11NO6. The Hall–Kier alpha value is -1.76. The fraction of sp³-hybridized carbons (Fsp3) is 0.500. The van der Waals surface area contributed by atoms with E-state index in [1.54, 1.807) is 0 Å². The Labute approximate surface area is 85.3 Å². The molecule has 1 unspecified atom stereocenters. The molecule has 0 aromatic carbocycles. The summed E-state index contributed by atoms with van der Waals surface area (Å²) in [6.07, 6.45) is 0.215. The van der Waals surface area contributed by atoms with Gasteiger partial charge in [-0.2, -0.15) is 0 Å². The highest BCUT2D eigenvalue weighted by Crippen LogP contribution is 2.01. The molecule has 2 N–H and O–H groups in total. The van der Waals surface area contributed by atoms with Crippen molar-refractivity contribution in [1.29, 1.82) is 0 Å². The highest BCUT2D eigenvalue weighted by atomic mass is 16.4. The van der Waals surface area contributed by atoms with Gasteiger partial charge >= 0.3 is 11.9 Å². The van der Waals surface area contributed by atoms with Gasteiger partial charge in [0.05, 0.1) is 25.6 Å². The predicted molar refractivity (Wildman–Crippen MR) is 47.4 cm³/mol. The van der Waals surface area contributed by atoms with E-state index in [-0.39, 0.29) is 6.54 Å². The summed E-state index contributed by atoms with van der Waals surface area (Å²) in [7, 11) is 0. The van der Waals surface area contributed by atoms with Crippen LogP contribution in [0.15, 0.2) is 0 Å². The number of hydrogen-bond acceptors (Lipinski definition) is 5. The second-order valence-corrected chi connectivity index (χ2v) is 2.79. The highest BCUT2D eigenvalue weighted by Gasteiger charge is 2.22. The summed E-state index contributed by atoms with van der Waals surface area (Å²) in [6.45, 7) is -0.835. The van der Waals surface area contributed by atoms with Crippen molar-refractivity contribution < 1.29 is 29.4 Å². The van der Waals surface area contributed by atoms with Gasteiger partial charge in [0.2, 0.25) is 0 Å². The van der Waals surface area contributed by atoms with Crippen LogP contribution in [-0.4, -0.2) is 58.8 Å². The molecule has 0 aliphatic heterocycles. The van der Waals surface area contributed by atoms with Crippen LogP contribution in [0.4, 0.5) is 0 Å². The number of nitrogens with zero attached hydrogens (tertiary/aromatic N) is 1. The molecule has 0 aliphatic carbocycles. The van der Waals surface area contributed by atoms with Crippen LogP contribution < -0.4 is 0 Å². The lowest BCUT2D eigenvalue weighted by Crippen LogP contribution is -2.42. The van der Waals surface area contributed by atoms with Crippen LogP contribution in [0.5, 0.6) is 0 Å². The Balaban J connectivity index is 4.52. The molecule has 0 fully saturated rings. The third-order valence-electron chi connectivity index (χ3n) is 1.66. The molecule has 84 valence electrons. The van der Waals surface area contributed by atoms with Crippen molar-refractivity contribution in [2.75, 3.05) is 13.1 Å². The van der Waals surface area contributed by atoms with Crippen LogP contribution in [0.3, 0.4) is 0 Å². The van der Waals surface area contributed by atoms with Crippen molar-refractivity contribution in [2.24, 2.45) is 0 Å². The number of carbonyl (C=O) groups is 4. The molecule has 0 heterocycles. The summed E-state index contributed by atoms with van der Waals surface area (Å²) in [5.74, 6) is -2.46. The molecule has 15 heavy (non-hydrogen) atoms. The van der Waals surface area contributed by atoms with Crippen LogP contribution in [0, 0.1) is 0 Å². The number of carboxylic acid groups (broad SMARTS) is 2. The molecule has 7 heteroatoms. The van der Waals surface area contributed by atoms with E-state index in [2.05, 4.69) is 0 Å². The monoisotopic (exact) mass is 217 g/mol. The summed E-state index contributed by atoms with van der Waals surface area (Å²) < 4.78 is 0. The van der Waals surface area contributed by atoms with Crippen molar-refractivity contribution in [2.45, 2.75) is 12.5 Å².